The fourth-order valence-electron chi connectivity index (χ4n) is 2.19. The van der Waals surface area contributed by atoms with E-state index >= 15 is 0 Å². The standard InChI is InChI=1S/C17H18N4S/c18-11-6-10-15-16(14-9-4-5-12-19-14)22-17(21-15)20-13-7-2-1-3-8-13/h1-5,7-9,12H,6,10-11,18H2,(H,20,21). The number of benzene rings is 1. The molecule has 22 heavy (non-hydrogen) atoms. The molecule has 5 heteroatoms. The van der Waals surface area contributed by atoms with E-state index in [0.717, 1.165) is 39.9 Å². The Hall–Kier alpha value is -2.24. The molecule has 0 radical (unpaired) electrons. The third-order valence-electron chi connectivity index (χ3n) is 3.24. The Balaban J connectivity index is 1.90. The number of pyridine rings is 1. The number of hydrogen-bond donors (Lipinski definition) is 2. The Kier molecular flexibility index (Phi) is 4.78. The number of nitrogens with zero attached hydrogens (tertiary/aromatic N) is 2. The molecule has 0 saturated heterocycles. The SMILES string of the molecule is NCCCc1nc(Nc2ccccc2)sc1-c1ccccn1. The summed E-state index contributed by atoms with van der Waals surface area (Å²) in [5.74, 6) is 0. The highest BCUT2D eigenvalue weighted by Crippen LogP contribution is 2.33. The number of anilines is 2. The Morgan fingerprint density at radius 3 is 2.59 bits per heavy atom. The molecular formula is C17H18N4S. The van der Waals surface area contributed by atoms with Gasteiger partial charge in [-0.05, 0) is 43.7 Å². The van der Waals surface area contributed by atoms with E-state index in [-0.39, 0.29) is 0 Å². The molecule has 0 amide bonds. The molecule has 0 saturated carbocycles. The molecule has 0 aliphatic carbocycles. The smallest absolute Gasteiger partial charge is 0.188 e. The van der Waals surface area contributed by atoms with E-state index in [1.807, 2.05) is 54.7 Å². The van der Waals surface area contributed by atoms with Gasteiger partial charge in [0.05, 0.1) is 16.3 Å². The molecule has 0 fully saturated rings. The monoisotopic (exact) mass is 310 g/mol. The zero-order valence-corrected chi connectivity index (χ0v) is 13.0. The Labute approximate surface area is 134 Å². The average molecular weight is 310 g/mol. The molecule has 0 spiro atoms. The van der Waals surface area contributed by atoms with Gasteiger partial charge in [-0.15, -0.1) is 0 Å². The molecule has 3 N–H and O–H groups in total. The Bertz CT molecular complexity index is 710. The van der Waals surface area contributed by atoms with Gasteiger partial charge in [0.2, 0.25) is 0 Å². The quantitative estimate of drug-likeness (QED) is 0.726. The van der Waals surface area contributed by atoms with Crippen molar-refractivity contribution >= 4 is 22.2 Å². The third kappa shape index (κ3) is 3.50. The first kappa shape index (κ1) is 14.7. The summed E-state index contributed by atoms with van der Waals surface area (Å²) in [6.45, 7) is 0.667. The van der Waals surface area contributed by atoms with Crippen LogP contribution >= 0.6 is 11.3 Å². The third-order valence-corrected chi connectivity index (χ3v) is 4.27. The van der Waals surface area contributed by atoms with Crippen LogP contribution in [0.4, 0.5) is 10.8 Å². The van der Waals surface area contributed by atoms with E-state index in [2.05, 4.69) is 10.3 Å². The first-order valence-corrected chi connectivity index (χ1v) is 8.11. The molecule has 4 nitrogen and oxygen atoms in total. The average Bonchev–Trinajstić information content (AvgIpc) is 2.97. The van der Waals surface area contributed by atoms with Gasteiger partial charge < -0.3 is 11.1 Å². The fourth-order valence-corrected chi connectivity index (χ4v) is 3.20. The number of thiazole rings is 1. The van der Waals surface area contributed by atoms with Crippen LogP contribution in [-0.4, -0.2) is 16.5 Å². The van der Waals surface area contributed by atoms with Crippen molar-refractivity contribution in [1.82, 2.24) is 9.97 Å². The summed E-state index contributed by atoms with van der Waals surface area (Å²) >= 11 is 1.63. The number of para-hydroxylation sites is 1. The molecule has 0 atom stereocenters. The molecule has 0 bridgehead atoms. The highest BCUT2D eigenvalue weighted by Gasteiger charge is 2.13. The summed E-state index contributed by atoms with van der Waals surface area (Å²) in [5.41, 5.74) is 8.70. The summed E-state index contributed by atoms with van der Waals surface area (Å²) < 4.78 is 0. The van der Waals surface area contributed by atoms with Crippen molar-refractivity contribution in [3.05, 3.63) is 60.4 Å². The van der Waals surface area contributed by atoms with Gasteiger partial charge in [0.1, 0.15) is 0 Å². The second kappa shape index (κ2) is 7.15. The lowest BCUT2D eigenvalue weighted by Gasteiger charge is -2.00. The molecule has 3 aromatic rings. The van der Waals surface area contributed by atoms with Crippen LogP contribution in [-0.2, 0) is 6.42 Å². The van der Waals surface area contributed by atoms with Crippen molar-refractivity contribution in [2.75, 3.05) is 11.9 Å². The highest BCUT2D eigenvalue weighted by molar-refractivity contribution is 7.19. The van der Waals surface area contributed by atoms with Gasteiger partial charge in [0.25, 0.3) is 0 Å². The van der Waals surface area contributed by atoms with E-state index in [4.69, 9.17) is 10.7 Å². The van der Waals surface area contributed by atoms with Crippen LogP contribution in [0.3, 0.4) is 0 Å². The Morgan fingerprint density at radius 1 is 1.05 bits per heavy atom. The summed E-state index contributed by atoms with van der Waals surface area (Å²) in [4.78, 5) is 10.3. The van der Waals surface area contributed by atoms with Crippen LogP contribution in [0.5, 0.6) is 0 Å². The highest BCUT2D eigenvalue weighted by atomic mass is 32.1. The van der Waals surface area contributed by atoms with E-state index < -0.39 is 0 Å². The number of aromatic nitrogens is 2. The van der Waals surface area contributed by atoms with Crippen LogP contribution in [0.25, 0.3) is 10.6 Å². The molecule has 112 valence electrons. The number of nitrogens with one attached hydrogen (secondary N) is 1. The minimum atomic E-state index is 0.667. The van der Waals surface area contributed by atoms with E-state index in [9.17, 15) is 0 Å². The molecule has 0 aliphatic rings. The minimum absolute atomic E-state index is 0.667. The molecule has 3 rings (SSSR count). The fraction of sp³-hybridized carbons (Fsp3) is 0.176. The van der Waals surface area contributed by atoms with Crippen LogP contribution in [0, 0.1) is 0 Å². The predicted octanol–water partition coefficient (Wildman–Crippen LogP) is 3.84. The molecule has 0 unspecified atom stereocenters. The van der Waals surface area contributed by atoms with Crippen molar-refractivity contribution in [1.29, 1.82) is 0 Å². The zero-order valence-electron chi connectivity index (χ0n) is 12.2. The molecular weight excluding hydrogens is 292 g/mol. The van der Waals surface area contributed by atoms with Gasteiger partial charge >= 0.3 is 0 Å². The second-order valence-electron chi connectivity index (χ2n) is 4.89. The van der Waals surface area contributed by atoms with Crippen LogP contribution in [0.2, 0.25) is 0 Å². The number of nitrogens with two attached hydrogens (primary N) is 1. The van der Waals surface area contributed by atoms with Crippen molar-refractivity contribution in [2.24, 2.45) is 5.73 Å². The van der Waals surface area contributed by atoms with Crippen molar-refractivity contribution in [2.45, 2.75) is 12.8 Å². The summed E-state index contributed by atoms with van der Waals surface area (Å²) in [6, 6.07) is 16.0. The van der Waals surface area contributed by atoms with Crippen molar-refractivity contribution < 1.29 is 0 Å². The van der Waals surface area contributed by atoms with E-state index in [0.29, 0.717) is 6.54 Å². The molecule has 1 aromatic carbocycles. The number of hydrogen-bond acceptors (Lipinski definition) is 5. The maximum absolute atomic E-state index is 5.64. The largest absolute Gasteiger partial charge is 0.332 e. The topological polar surface area (TPSA) is 63.8 Å². The van der Waals surface area contributed by atoms with Gasteiger partial charge in [-0.3, -0.25) is 4.98 Å². The second-order valence-corrected chi connectivity index (χ2v) is 5.89. The predicted molar refractivity (Wildman–Crippen MR) is 92.4 cm³/mol. The maximum Gasteiger partial charge on any atom is 0.188 e. The summed E-state index contributed by atoms with van der Waals surface area (Å²) in [5, 5.41) is 4.25. The van der Waals surface area contributed by atoms with E-state index in [1.165, 1.54) is 0 Å². The van der Waals surface area contributed by atoms with Gasteiger partial charge in [-0.25, -0.2) is 4.98 Å². The lowest BCUT2D eigenvalue weighted by molar-refractivity contribution is 0.817. The van der Waals surface area contributed by atoms with Gasteiger partial charge in [-0.1, -0.05) is 35.6 Å². The van der Waals surface area contributed by atoms with Gasteiger partial charge in [0.15, 0.2) is 5.13 Å². The van der Waals surface area contributed by atoms with Gasteiger partial charge in [0, 0.05) is 11.9 Å². The minimum Gasteiger partial charge on any atom is -0.332 e. The molecule has 0 aliphatic heterocycles. The lowest BCUT2D eigenvalue weighted by atomic mass is 10.2. The number of rotatable bonds is 6. The molecule has 2 heterocycles. The van der Waals surface area contributed by atoms with Crippen LogP contribution in [0.15, 0.2) is 54.7 Å². The number of aryl methyl sites for hydroxylation is 1. The van der Waals surface area contributed by atoms with Crippen LogP contribution in [0.1, 0.15) is 12.1 Å². The van der Waals surface area contributed by atoms with Gasteiger partial charge in [-0.2, -0.15) is 0 Å². The molecule has 2 aromatic heterocycles. The van der Waals surface area contributed by atoms with Crippen LogP contribution < -0.4 is 11.1 Å². The normalized spacial score (nSPS) is 10.6. The maximum atomic E-state index is 5.64. The summed E-state index contributed by atoms with van der Waals surface area (Å²) in [6.07, 6.45) is 3.61. The van der Waals surface area contributed by atoms with Crippen molar-refractivity contribution in [3.8, 4) is 10.6 Å². The first-order chi connectivity index (χ1) is 10.9. The Morgan fingerprint density at radius 2 is 1.86 bits per heavy atom. The summed E-state index contributed by atoms with van der Waals surface area (Å²) in [7, 11) is 0. The lowest BCUT2D eigenvalue weighted by Crippen LogP contribution is -2.01. The van der Waals surface area contributed by atoms with E-state index in [1.54, 1.807) is 11.3 Å². The van der Waals surface area contributed by atoms with Crippen molar-refractivity contribution in [3.63, 3.8) is 0 Å². The first-order valence-electron chi connectivity index (χ1n) is 7.30. The zero-order chi connectivity index (χ0) is 15.2.